The highest BCUT2D eigenvalue weighted by atomic mass is 19.4. The number of rotatable bonds is 4. The third kappa shape index (κ3) is 3.50. The van der Waals surface area contributed by atoms with Crippen molar-refractivity contribution in [2.75, 3.05) is 0 Å². The molecular weight excluding hydrogens is 305 g/mol. The molecule has 0 saturated carbocycles. The zero-order valence-electron chi connectivity index (χ0n) is 12.7. The Kier molecular flexibility index (Phi) is 4.68. The van der Waals surface area contributed by atoms with Crippen molar-refractivity contribution >= 4 is 12.1 Å². The molecule has 0 aliphatic carbocycles. The van der Waals surface area contributed by atoms with E-state index in [1.807, 2.05) is 0 Å². The molecule has 0 radical (unpaired) electrons. The summed E-state index contributed by atoms with van der Waals surface area (Å²) in [5, 5.41) is 0. The number of Topliss-reactive ketones (excluding diaryl/α,β-unsaturated/α-hetero) is 1. The van der Waals surface area contributed by atoms with Crippen molar-refractivity contribution in [3.8, 4) is 11.1 Å². The van der Waals surface area contributed by atoms with Crippen LogP contribution in [0.2, 0.25) is 0 Å². The van der Waals surface area contributed by atoms with Gasteiger partial charge in [-0.3, -0.25) is 9.59 Å². The summed E-state index contributed by atoms with van der Waals surface area (Å²) in [4.78, 5) is 22.9. The van der Waals surface area contributed by atoms with Gasteiger partial charge in [0.25, 0.3) is 0 Å². The summed E-state index contributed by atoms with van der Waals surface area (Å²) < 4.78 is 39.5. The lowest BCUT2D eigenvalue weighted by molar-refractivity contribution is -0.138. The van der Waals surface area contributed by atoms with E-state index in [9.17, 15) is 22.8 Å². The average molecular weight is 320 g/mol. The lowest BCUT2D eigenvalue weighted by Crippen LogP contribution is -2.09. The van der Waals surface area contributed by atoms with Crippen molar-refractivity contribution in [1.29, 1.82) is 0 Å². The minimum Gasteiger partial charge on any atom is -0.298 e. The van der Waals surface area contributed by atoms with E-state index in [1.165, 1.54) is 13.0 Å². The van der Waals surface area contributed by atoms with E-state index in [-0.39, 0.29) is 22.5 Å². The molecule has 0 bridgehead atoms. The summed E-state index contributed by atoms with van der Waals surface area (Å²) >= 11 is 0. The Bertz CT molecular complexity index is 761. The molecule has 0 amide bonds. The Labute approximate surface area is 131 Å². The second kappa shape index (κ2) is 6.36. The molecule has 120 valence electrons. The first kappa shape index (κ1) is 16.9. The molecule has 2 aromatic rings. The number of carbonyl (C=O) groups excluding carboxylic acids is 2. The van der Waals surface area contributed by atoms with E-state index in [4.69, 9.17) is 0 Å². The van der Waals surface area contributed by atoms with E-state index < -0.39 is 11.7 Å². The Morgan fingerprint density at radius 1 is 1.13 bits per heavy atom. The maximum atomic E-state index is 13.2. The normalized spacial score (nSPS) is 11.3. The molecule has 2 nitrogen and oxygen atoms in total. The number of hydrogen-bond donors (Lipinski definition) is 0. The summed E-state index contributed by atoms with van der Waals surface area (Å²) in [5.74, 6) is -0.0920. The average Bonchev–Trinajstić information content (AvgIpc) is 2.53. The van der Waals surface area contributed by atoms with E-state index in [0.717, 1.165) is 6.07 Å². The molecule has 0 saturated heterocycles. The zero-order valence-corrected chi connectivity index (χ0v) is 12.7. The fraction of sp³-hybridized carbons (Fsp3) is 0.222. The van der Waals surface area contributed by atoms with Crippen LogP contribution < -0.4 is 0 Å². The fourth-order valence-corrected chi connectivity index (χ4v) is 2.40. The first-order valence-electron chi connectivity index (χ1n) is 7.08. The molecule has 0 atom stereocenters. The topological polar surface area (TPSA) is 34.1 Å². The van der Waals surface area contributed by atoms with Crippen molar-refractivity contribution in [3.05, 3.63) is 58.7 Å². The van der Waals surface area contributed by atoms with Crippen molar-refractivity contribution < 1.29 is 22.8 Å². The van der Waals surface area contributed by atoms with Crippen molar-refractivity contribution in [3.63, 3.8) is 0 Å². The molecule has 0 spiro atoms. The summed E-state index contributed by atoms with van der Waals surface area (Å²) in [6.45, 7) is 2.99. The van der Waals surface area contributed by atoms with Crippen LogP contribution in [-0.4, -0.2) is 12.1 Å². The van der Waals surface area contributed by atoms with Gasteiger partial charge < -0.3 is 0 Å². The van der Waals surface area contributed by atoms with Gasteiger partial charge in [0.05, 0.1) is 5.56 Å². The molecule has 5 heteroatoms. The summed E-state index contributed by atoms with van der Waals surface area (Å²) in [7, 11) is 0. The quantitative estimate of drug-likeness (QED) is 0.581. The van der Waals surface area contributed by atoms with Gasteiger partial charge in [0.1, 0.15) is 6.29 Å². The minimum atomic E-state index is -4.55. The largest absolute Gasteiger partial charge is 0.416 e. The second-order valence-electron chi connectivity index (χ2n) is 5.21. The minimum absolute atomic E-state index is 0.0120. The Hall–Kier alpha value is -2.43. The van der Waals surface area contributed by atoms with Crippen LogP contribution >= 0.6 is 0 Å². The maximum absolute atomic E-state index is 13.2. The van der Waals surface area contributed by atoms with E-state index >= 15 is 0 Å². The summed E-state index contributed by atoms with van der Waals surface area (Å²) in [5.41, 5.74) is 0.212. The molecule has 0 heterocycles. The van der Waals surface area contributed by atoms with Gasteiger partial charge in [0.15, 0.2) is 5.78 Å². The highest BCUT2D eigenvalue weighted by molar-refractivity contribution is 5.97. The highest BCUT2D eigenvalue weighted by Gasteiger charge is 2.33. The SMILES string of the molecule is CCC(=O)c1cccc(-c2cc(C=O)c(C)c(C(F)(F)F)c2)c1. The van der Waals surface area contributed by atoms with Gasteiger partial charge in [-0.05, 0) is 41.8 Å². The van der Waals surface area contributed by atoms with Crippen LogP contribution in [0, 0.1) is 6.92 Å². The predicted molar refractivity (Wildman–Crippen MR) is 81.6 cm³/mol. The van der Waals surface area contributed by atoms with E-state index in [0.29, 0.717) is 23.8 Å². The maximum Gasteiger partial charge on any atom is 0.416 e. The highest BCUT2D eigenvalue weighted by Crippen LogP contribution is 2.36. The number of halogens is 3. The first-order valence-corrected chi connectivity index (χ1v) is 7.08. The van der Waals surface area contributed by atoms with Gasteiger partial charge in [-0.25, -0.2) is 0 Å². The van der Waals surface area contributed by atoms with Crippen molar-refractivity contribution in [1.82, 2.24) is 0 Å². The Morgan fingerprint density at radius 3 is 2.39 bits per heavy atom. The molecule has 0 aromatic heterocycles. The number of carbonyl (C=O) groups is 2. The third-order valence-corrected chi connectivity index (χ3v) is 3.72. The standard InChI is InChI=1S/C18H15F3O2/c1-3-17(23)13-6-4-5-12(7-13)14-8-15(10-22)11(2)16(9-14)18(19,20)21/h4-10H,3H2,1-2H3. The lowest BCUT2D eigenvalue weighted by atomic mass is 9.94. The smallest absolute Gasteiger partial charge is 0.298 e. The fourth-order valence-electron chi connectivity index (χ4n) is 2.40. The molecule has 2 rings (SSSR count). The van der Waals surface area contributed by atoms with Crippen LogP contribution in [0.1, 0.15) is 45.2 Å². The van der Waals surface area contributed by atoms with Crippen LogP contribution in [0.15, 0.2) is 36.4 Å². The molecule has 0 unspecified atom stereocenters. The lowest BCUT2D eigenvalue weighted by Gasteiger charge is -2.14. The van der Waals surface area contributed by atoms with Crippen LogP contribution in [0.3, 0.4) is 0 Å². The van der Waals surface area contributed by atoms with Crippen molar-refractivity contribution in [2.24, 2.45) is 0 Å². The molecule has 0 fully saturated rings. The Balaban J connectivity index is 2.64. The number of ketones is 1. The van der Waals surface area contributed by atoms with Crippen molar-refractivity contribution in [2.45, 2.75) is 26.4 Å². The third-order valence-electron chi connectivity index (χ3n) is 3.72. The van der Waals surface area contributed by atoms with Gasteiger partial charge in [-0.15, -0.1) is 0 Å². The monoisotopic (exact) mass is 320 g/mol. The van der Waals surface area contributed by atoms with E-state index in [2.05, 4.69) is 0 Å². The predicted octanol–water partition coefficient (Wildman–Crippen LogP) is 5.09. The van der Waals surface area contributed by atoms with Gasteiger partial charge >= 0.3 is 6.18 Å². The molecule has 0 aliphatic heterocycles. The van der Waals surface area contributed by atoms with Crippen LogP contribution in [-0.2, 0) is 6.18 Å². The zero-order chi connectivity index (χ0) is 17.2. The molecule has 23 heavy (non-hydrogen) atoms. The van der Waals surface area contributed by atoms with Crippen LogP contribution in [0.4, 0.5) is 13.2 Å². The molecular formula is C18H15F3O2. The first-order chi connectivity index (χ1) is 10.8. The van der Waals surface area contributed by atoms with Crippen LogP contribution in [0.25, 0.3) is 11.1 Å². The van der Waals surface area contributed by atoms with Gasteiger partial charge in [0, 0.05) is 17.5 Å². The summed E-state index contributed by atoms with van der Waals surface area (Å²) in [6.07, 6.45) is -3.82. The van der Waals surface area contributed by atoms with Gasteiger partial charge in [0.2, 0.25) is 0 Å². The molecule has 2 aromatic carbocycles. The molecule has 0 N–H and O–H groups in total. The van der Waals surface area contributed by atoms with Crippen LogP contribution in [0.5, 0.6) is 0 Å². The number of hydrogen-bond acceptors (Lipinski definition) is 2. The van der Waals surface area contributed by atoms with Gasteiger partial charge in [-0.2, -0.15) is 13.2 Å². The molecule has 0 aliphatic rings. The van der Waals surface area contributed by atoms with Gasteiger partial charge in [-0.1, -0.05) is 25.1 Å². The number of benzene rings is 2. The Morgan fingerprint density at radius 2 is 1.83 bits per heavy atom. The second-order valence-corrected chi connectivity index (χ2v) is 5.21. The summed E-state index contributed by atoms with van der Waals surface area (Å²) in [6, 6.07) is 8.82. The number of aldehydes is 1. The number of alkyl halides is 3. The van der Waals surface area contributed by atoms with E-state index in [1.54, 1.807) is 31.2 Å².